The molecule has 0 aliphatic carbocycles. The second-order valence-electron chi connectivity index (χ2n) is 6.34. The molecular formula is C18H22ClN3O4. The molecule has 0 spiro atoms. The van der Waals surface area contributed by atoms with Gasteiger partial charge in [0.1, 0.15) is 6.61 Å². The highest BCUT2D eigenvalue weighted by Gasteiger charge is 2.27. The van der Waals surface area contributed by atoms with Crippen molar-refractivity contribution in [3.63, 3.8) is 0 Å². The number of ether oxygens (including phenoxy) is 2. The fourth-order valence-corrected chi connectivity index (χ4v) is 2.95. The number of carbonyl (C=O) groups excluding carboxylic acids is 1. The molecule has 8 heteroatoms. The van der Waals surface area contributed by atoms with E-state index >= 15 is 0 Å². The summed E-state index contributed by atoms with van der Waals surface area (Å²) in [6, 6.07) is 7.03. The van der Waals surface area contributed by atoms with Crippen molar-refractivity contribution in [3.05, 3.63) is 40.7 Å². The molecule has 0 radical (unpaired) electrons. The van der Waals surface area contributed by atoms with Crippen LogP contribution in [0.25, 0.3) is 0 Å². The number of amides is 1. The smallest absolute Gasteiger partial charge is 0.276 e. The molecule has 1 aromatic carbocycles. The molecule has 0 unspecified atom stereocenters. The zero-order valence-electron chi connectivity index (χ0n) is 15.1. The second-order valence-corrected chi connectivity index (χ2v) is 6.78. The van der Waals surface area contributed by atoms with E-state index in [1.54, 1.807) is 36.3 Å². The Kier molecular flexibility index (Phi) is 5.68. The van der Waals surface area contributed by atoms with Crippen LogP contribution < -0.4 is 9.47 Å². The monoisotopic (exact) mass is 379 g/mol. The first-order chi connectivity index (χ1) is 12.5. The van der Waals surface area contributed by atoms with Crippen molar-refractivity contribution in [2.24, 2.45) is 0 Å². The van der Waals surface area contributed by atoms with Gasteiger partial charge >= 0.3 is 0 Å². The lowest BCUT2D eigenvalue weighted by Crippen LogP contribution is -2.52. The number of methoxy groups -OCH3 is 1. The van der Waals surface area contributed by atoms with E-state index in [2.05, 4.69) is 24.0 Å². The van der Waals surface area contributed by atoms with Crippen LogP contribution in [0.2, 0.25) is 5.02 Å². The number of hydrogen-bond donors (Lipinski definition) is 0. The standard InChI is InChI=1S/C18H22ClN3O4/c1-12-10-22(7-6-21(12)2)18(23)15-9-14(26-20-15)11-25-16-5-4-13(19)8-17(16)24-3/h4-5,8-9,12H,6-7,10-11H2,1-3H3/t12-/m0/s1. The lowest BCUT2D eigenvalue weighted by molar-refractivity contribution is 0.0562. The van der Waals surface area contributed by atoms with E-state index in [9.17, 15) is 4.79 Å². The summed E-state index contributed by atoms with van der Waals surface area (Å²) in [5.41, 5.74) is 0.295. The van der Waals surface area contributed by atoms with Crippen molar-refractivity contribution in [1.82, 2.24) is 15.0 Å². The largest absolute Gasteiger partial charge is 0.493 e. The maximum Gasteiger partial charge on any atom is 0.276 e. The van der Waals surface area contributed by atoms with Crippen LogP contribution in [0, 0.1) is 0 Å². The normalized spacial score (nSPS) is 18.0. The predicted molar refractivity (Wildman–Crippen MR) is 96.8 cm³/mol. The molecule has 1 aliphatic rings. The van der Waals surface area contributed by atoms with Crippen LogP contribution >= 0.6 is 11.6 Å². The van der Waals surface area contributed by atoms with Crippen LogP contribution in [0.15, 0.2) is 28.8 Å². The number of hydrogen-bond acceptors (Lipinski definition) is 6. The van der Waals surface area contributed by atoms with Crippen LogP contribution in [0.4, 0.5) is 0 Å². The molecule has 1 atom stereocenters. The van der Waals surface area contributed by atoms with E-state index < -0.39 is 0 Å². The minimum absolute atomic E-state index is 0.121. The molecule has 140 valence electrons. The van der Waals surface area contributed by atoms with E-state index in [0.717, 1.165) is 6.54 Å². The van der Waals surface area contributed by atoms with Gasteiger partial charge in [0.05, 0.1) is 7.11 Å². The Labute approximate surface area is 157 Å². The fourth-order valence-electron chi connectivity index (χ4n) is 2.79. The van der Waals surface area contributed by atoms with E-state index in [4.69, 9.17) is 25.6 Å². The molecule has 2 heterocycles. The fraction of sp³-hybridized carbons (Fsp3) is 0.444. The number of rotatable bonds is 5. The maximum absolute atomic E-state index is 12.6. The molecule has 1 aliphatic heterocycles. The molecule has 7 nitrogen and oxygen atoms in total. The predicted octanol–water partition coefficient (Wildman–Crippen LogP) is 2.69. The molecule has 26 heavy (non-hydrogen) atoms. The van der Waals surface area contributed by atoms with E-state index in [0.29, 0.717) is 47.1 Å². The first-order valence-corrected chi connectivity index (χ1v) is 8.77. The molecule has 3 rings (SSSR count). The van der Waals surface area contributed by atoms with Gasteiger partial charge in [-0.15, -0.1) is 0 Å². The average Bonchev–Trinajstić information content (AvgIpc) is 3.11. The van der Waals surface area contributed by atoms with Gasteiger partial charge in [-0.05, 0) is 26.1 Å². The van der Waals surface area contributed by atoms with Gasteiger partial charge in [0, 0.05) is 42.8 Å². The number of halogens is 1. The van der Waals surface area contributed by atoms with Crippen LogP contribution in [-0.4, -0.2) is 60.7 Å². The quantitative estimate of drug-likeness (QED) is 0.795. The molecule has 1 aromatic heterocycles. The molecule has 0 N–H and O–H groups in total. The highest BCUT2D eigenvalue weighted by molar-refractivity contribution is 6.30. The number of piperazine rings is 1. The Morgan fingerprint density at radius 3 is 2.88 bits per heavy atom. The Bertz CT molecular complexity index is 780. The van der Waals surface area contributed by atoms with Crippen LogP contribution in [0.5, 0.6) is 11.5 Å². The van der Waals surface area contributed by atoms with Gasteiger partial charge in [-0.3, -0.25) is 4.79 Å². The van der Waals surface area contributed by atoms with Gasteiger partial charge in [-0.2, -0.15) is 0 Å². The zero-order valence-corrected chi connectivity index (χ0v) is 15.8. The molecular weight excluding hydrogens is 358 g/mol. The highest BCUT2D eigenvalue weighted by atomic mass is 35.5. The van der Waals surface area contributed by atoms with Gasteiger partial charge in [0.2, 0.25) is 0 Å². The number of carbonyl (C=O) groups is 1. The van der Waals surface area contributed by atoms with E-state index in [-0.39, 0.29) is 12.5 Å². The summed E-state index contributed by atoms with van der Waals surface area (Å²) in [6.07, 6.45) is 0. The van der Waals surface area contributed by atoms with E-state index in [1.165, 1.54) is 0 Å². The van der Waals surface area contributed by atoms with Crippen molar-refractivity contribution >= 4 is 17.5 Å². The molecule has 0 bridgehead atoms. The maximum atomic E-state index is 12.6. The van der Waals surface area contributed by atoms with Crippen LogP contribution in [0.3, 0.4) is 0 Å². The minimum Gasteiger partial charge on any atom is -0.493 e. The van der Waals surface area contributed by atoms with Gasteiger partial charge < -0.3 is 23.8 Å². The molecule has 1 saturated heterocycles. The minimum atomic E-state index is -0.121. The summed E-state index contributed by atoms with van der Waals surface area (Å²) >= 11 is 5.93. The third-order valence-corrected chi connectivity index (χ3v) is 4.76. The summed E-state index contributed by atoms with van der Waals surface area (Å²) in [6.45, 7) is 4.44. The van der Waals surface area contributed by atoms with Gasteiger partial charge in [-0.1, -0.05) is 16.8 Å². The van der Waals surface area contributed by atoms with Crippen molar-refractivity contribution in [2.45, 2.75) is 19.6 Å². The number of aromatic nitrogens is 1. The van der Waals surface area contributed by atoms with Crippen molar-refractivity contribution in [1.29, 1.82) is 0 Å². The summed E-state index contributed by atoms with van der Waals surface area (Å²) in [5.74, 6) is 1.41. The van der Waals surface area contributed by atoms with Crippen molar-refractivity contribution in [3.8, 4) is 11.5 Å². The number of likely N-dealkylation sites (N-methyl/N-ethyl adjacent to an activating group) is 1. The summed E-state index contributed by atoms with van der Waals surface area (Å²) in [5, 5.41) is 4.45. The first-order valence-electron chi connectivity index (χ1n) is 8.39. The SMILES string of the molecule is COc1cc(Cl)ccc1OCc1cc(C(=O)N2CCN(C)[C@@H](C)C2)no1. The summed E-state index contributed by atoms with van der Waals surface area (Å²) in [4.78, 5) is 16.6. The first kappa shape index (κ1) is 18.5. The summed E-state index contributed by atoms with van der Waals surface area (Å²) in [7, 11) is 3.60. The van der Waals surface area contributed by atoms with Crippen LogP contribution in [0.1, 0.15) is 23.2 Å². The molecule has 0 saturated carbocycles. The highest BCUT2D eigenvalue weighted by Crippen LogP contribution is 2.30. The molecule has 2 aromatic rings. The zero-order chi connectivity index (χ0) is 18.7. The lowest BCUT2D eigenvalue weighted by Gasteiger charge is -2.37. The number of nitrogens with zero attached hydrogens (tertiary/aromatic N) is 3. The Hall–Kier alpha value is -2.25. The molecule has 1 amide bonds. The Balaban J connectivity index is 1.62. The third-order valence-electron chi connectivity index (χ3n) is 4.52. The van der Waals surface area contributed by atoms with Crippen molar-refractivity contribution < 1.29 is 18.8 Å². The third kappa shape index (κ3) is 4.11. The molecule has 1 fully saturated rings. The van der Waals surface area contributed by atoms with Crippen LogP contribution in [-0.2, 0) is 6.61 Å². The average molecular weight is 380 g/mol. The van der Waals surface area contributed by atoms with Gasteiger partial charge in [-0.25, -0.2) is 0 Å². The van der Waals surface area contributed by atoms with Gasteiger partial charge in [0.15, 0.2) is 23.0 Å². The van der Waals surface area contributed by atoms with E-state index in [1.807, 2.05) is 0 Å². The lowest BCUT2D eigenvalue weighted by atomic mass is 10.2. The topological polar surface area (TPSA) is 68.0 Å². The second kappa shape index (κ2) is 7.97. The summed E-state index contributed by atoms with van der Waals surface area (Å²) < 4.78 is 16.2. The van der Waals surface area contributed by atoms with Gasteiger partial charge in [0.25, 0.3) is 5.91 Å². The Morgan fingerprint density at radius 1 is 1.35 bits per heavy atom. The van der Waals surface area contributed by atoms with Crippen molar-refractivity contribution in [2.75, 3.05) is 33.8 Å². The number of benzene rings is 1. The Morgan fingerprint density at radius 2 is 2.15 bits per heavy atom.